The maximum atomic E-state index is 13.7. The van der Waals surface area contributed by atoms with Crippen LogP contribution in [0.3, 0.4) is 0 Å². The third-order valence-electron chi connectivity index (χ3n) is 2.97. The van der Waals surface area contributed by atoms with E-state index < -0.39 is 0 Å². The van der Waals surface area contributed by atoms with Gasteiger partial charge < -0.3 is 0 Å². The topological polar surface area (TPSA) is 38.0 Å². The Morgan fingerprint density at radius 1 is 1.24 bits per heavy atom. The van der Waals surface area contributed by atoms with E-state index in [4.69, 9.17) is 17.4 Å². The lowest BCUT2D eigenvalue weighted by molar-refractivity contribution is 0.546. The molecule has 0 spiro atoms. The van der Waals surface area contributed by atoms with Crippen LogP contribution in [0.1, 0.15) is 5.56 Å². The fourth-order valence-corrected chi connectivity index (χ4v) is 3.25. The molecular formula is C15H15BrClFN2S. The molecule has 0 aromatic heterocycles. The van der Waals surface area contributed by atoms with Crippen LogP contribution in [0.25, 0.3) is 0 Å². The molecule has 2 nitrogen and oxygen atoms in total. The van der Waals surface area contributed by atoms with Crippen molar-refractivity contribution in [1.29, 1.82) is 0 Å². The lowest BCUT2D eigenvalue weighted by atomic mass is 10.1. The molecule has 0 saturated heterocycles. The predicted octanol–water partition coefficient (Wildman–Crippen LogP) is 4.41. The number of halogens is 3. The Balaban J connectivity index is 1.96. The van der Waals surface area contributed by atoms with Crippen LogP contribution in [-0.4, -0.2) is 11.8 Å². The molecule has 0 aliphatic rings. The van der Waals surface area contributed by atoms with Gasteiger partial charge in [-0.1, -0.05) is 27.5 Å². The Bertz CT molecular complexity index is 595. The van der Waals surface area contributed by atoms with Gasteiger partial charge in [0.05, 0.1) is 0 Å². The van der Waals surface area contributed by atoms with E-state index in [2.05, 4.69) is 21.4 Å². The summed E-state index contributed by atoms with van der Waals surface area (Å²) >= 11 is 11.0. The highest BCUT2D eigenvalue weighted by Gasteiger charge is 2.12. The molecule has 1 unspecified atom stereocenters. The molecule has 0 heterocycles. The molecule has 0 saturated carbocycles. The van der Waals surface area contributed by atoms with Gasteiger partial charge >= 0.3 is 0 Å². The first-order valence-corrected chi connectivity index (χ1v) is 8.52. The third kappa shape index (κ3) is 5.27. The molecule has 2 aromatic carbocycles. The molecule has 0 fully saturated rings. The number of benzene rings is 2. The fraction of sp³-hybridized carbons (Fsp3) is 0.200. The average molecular weight is 390 g/mol. The summed E-state index contributed by atoms with van der Waals surface area (Å²) in [5.74, 6) is 6.05. The van der Waals surface area contributed by atoms with Crippen molar-refractivity contribution in [2.75, 3.05) is 5.75 Å². The molecule has 1 atom stereocenters. The summed E-state index contributed by atoms with van der Waals surface area (Å²) < 4.78 is 14.8. The first-order chi connectivity index (χ1) is 10.1. The Kier molecular flexibility index (Phi) is 6.51. The summed E-state index contributed by atoms with van der Waals surface area (Å²) in [4.78, 5) is 1.14. The van der Waals surface area contributed by atoms with Crippen LogP contribution in [-0.2, 0) is 6.42 Å². The molecule has 112 valence electrons. The van der Waals surface area contributed by atoms with Gasteiger partial charge in [0.25, 0.3) is 0 Å². The second-order valence-corrected chi connectivity index (χ2v) is 7.01. The highest BCUT2D eigenvalue weighted by molar-refractivity contribution is 9.10. The SMILES string of the molecule is NNC(CSc1ccc(Br)cc1)Cc1cc(Cl)ccc1F. The Hall–Kier alpha value is -0.590. The molecule has 0 radical (unpaired) electrons. The summed E-state index contributed by atoms with van der Waals surface area (Å²) in [5, 5.41) is 0.530. The Morgan fingerprint density at radius 2 is 1.95 bits per heavy atom. The molecule has 6 heteroatoms. The van der Waals surface area contributed by atoms with Crippen molar-refractivity contribution >= 4 is 39.3 Å². The van der Waals surface area contributed by atoms with Gasteiger partial charge in [-0.15, -0.1) is 11.8 Å². The number of hydrogen-bond donors (Lipinski definition) is 2. The van der Waals surface area contributed by atoms with Crippen molar-refractivity contribution in [1.82, 2.24) is 5.43 Å². The minimum atomic E-state index is -0.256. The van der Waals surface area contributed by atoms with Crippen LogP contribution in [0.15, 0.2) is 51.8 Å². The predicted molar refractivity (Wildman–Crippen MR) is 91.1 cm³/mol. The molecule has 0 aliphatic carbocycles. The van der Waals surface area contributed by atoms with Gasteiger partial charge in [-0.05, 0) is 54.4 Å². The molecule has 0 amide bonds. The second kappa shape index (κ2) is 8.15. The summed E-state index contributed by atoms with van der Waals surface area (Å²) in [5.41, 5.74) is 3.31. The smallest absolute Gasteiger partial charge is 0.126 e. The van der Waals surface area contributed by atoms with Crippen molar-refractivity contribution in [2.45, 2.75) is 17.4 Å². The maximum absolute atomic E-state index is 13.7. The largest absolute Gasteiger partial charge is 0.271 e. The van der Waals surface area contributed by atoms with E-state index in [1.807, 2.05) is 24.3 Å². The van der Waals surface area contributed by atoms with Crippen LogP contribution < -0.4 is 11.3 Å². The van der Waals surface area contributed by atoms with E-state index in [1.165, 1.54) is 6.07 Å². The number of nitrogens with one attached hydrogen (secondary N) is 1. The lowest BCUT2D eigenvalue weighted by Crippen LogP contribution is -2.38. The van der Waals surface area contributed by atoms with E-state index in [1.54, 1.807) is 23.9 Å². The normalized spacial score (nSPS) is 12.4. The zero-order valence-corrected chi connectivity index (χ0v) is 14.3. The van der Waals surface area contributed by atoms with Gasteiger partial charge in [0.1, 0.15) is 5.82 Å². The van der Waals surface area contributed by atoms with Crippen molar-refractivity contribution in [3.05, 3.63) is 63.3 Å². The summed E-state index contributed by atoms with van der Waals surface area (Å²) in [6.07, 6.45) is 0.492. The molecule has 3 N–H and O–H groups in total. The second-order valence-electron chi connectivity index (χ2n) is 4.57. The summed E-state index contributed by atoms with van der Waals surface area (Å²) in [6, 6.07) is 12.6. The average Bonchev–Trinajstić information content (AvgIpc) is 2.48. The first kappa shape index (κ1) is 16.8. The van der Waals surface area contributed by atoms with Gasteiger partial charge in [0, 0.05) is 26.2 Å². The van der Waals surface area contributed by atoms with Gasteiger partial charge in [-0.25, -0.2) is 4.39 Å². The number of hydrogen-bond acceptors (Lipinski definition) is 3. The third-order valence-corrected chi connectivity index (χ3v) is 4.91. The van der Waals surface area contributed by atoms with E-state index in [0.29, 0.717) is 17.0 Å². The van der Waals surface area contributed by atoms with E-state index in [0.717, 1.165) is 15.1 Å². The lowest BCUT2D eigenvalue weighted by Gasteiger charge is -2.16. The van der Waals surface area contributed by atoms with Crippen LogP contribution in [0, 0.1) is 5.82 Å². The molecule has 2 aromatic rings. The zero-order chi connectivity index (χ0) is 15.2. The van der Waals surface area contributed by atoms with E-state index in [-0.39, 0.29) is 11.9 Å². The maximum Gasteiger partial charge on any atom is 0.126 e. The number of hydrazine groups is 1. The highest BCUT2D eigenvalue weighted by Crippen LogP contribution is 2.23. The van der Waals surface area contributed by atoms with Gasteiger partial charge in [0.15, 0.2) is 0 Å². The van der Waals surface area contributed by atoms with Crippen molar-refractivity contribution < 1.29 is 4.39 Å². The van der Waals surface area contributed by atoms with Gasteiger partial charge in [-0.3, -0.25) is 11.3 Å². The number of nitrogens with two attached hydrogens (primary N) is 1. The van der Waals surface area contributed by atoms with Crippen LogP contribution in [0.4, 0.5) is 4.39 Å². The first-order valence-electron chi connectivity index (χ1n) is 6.37. The van der Waals surface area contributed by atoms with Crippen LogP contribution >= 0.6 is 39.3 Å². The monoisotopic (exact) mass is 388 g/mol. The molecule has 2 rings (SSSR count). The highest BCUT2D eigenvalue weighted by atomic mass is 79.9. The number of rotatable bonds is 6. The molecule has 0 aliphatic heterocycles. The Labute approximate surface area is 141 Å². The number of thioether (sulfide) groups is 1. The molecule has 21 heavy (non-hydrogen) atoms. The summed E-state index contributed by atoms with van der Waals surface area (Å²) in [7, 11) is 0. The minimum Gasteiger partial charge on any atom is -0.271 e. The minimum absolute atomic E-state index is 0.0355. The van der Waals surface area contributed by atoms with Crippen molar-refractivity contribution in [2.24, 2.45) is 5.84 Å². The van der Waals surface area contributed by atoms with Gasteiger partial charge in [-0.2, -0.15) is 0 Å². The zero-order valence-electron chi connectivity index (χ0n) is 11.2. The van der Waals surface area contributed by atoms with Crippen LogP contribution in [0.2, 0.25) is 5.02 Å². The van der Waals surface area contributed by atoms with Crippen molar-refractivity contribution in [3.63, 3.8) is 0 Å². The standard InChI is InChI=1S/C15H15BrClFN2S/c16-11-1-4-14(5-2-11)21-9-13(20-19)8-10-7-12(17)3-6-15(10)18/h1-7,13,20H,8-9,19H2. The van der Waals surface area contributed by atoms with Crippen molar-refractivity contribution in [3.8, 4) is 0 Å². The summed E-state index contributed by atoms with van der Waals surface area (Å²) in [6.45, 7) is 0. The van der Waals surface area contributed by atoms with Gasteiger partial charge in [0.2, 0.25) is 0 Å². The Morgan fingerprint density at radius 3 is 2.62 bits per heavy atom. The molecule has 0 bridgehead atoms. The van der Waals surface area contributed by atoms with Crippen LogP contribution in [0.5, 0.6) is 0 Å². The fourth-order valence-electron chi connectivity index (χ4n) is 1.86. The quantitative estimate of drug-likeness (QED) is 0.437. The van der Waals surface area contributed by atoms with E-state index in [9.17, 15) is 4.39 Å². The molecular weight excluding hydrogens is 375 g/mol. The van der Waals surface area contributed by atoms with E-state index >= 15 is 0 Å².